The van der Waals surface area contributed by atoms with E-state index in [1.54, 1.807) is 117 Å². The molecular formula is C66H101N3O26. The molecule has 536 valence electrons. The van der Waals surface area contributed by atoms with Crippen LogP contribution in [0.25, 0.3) is 0 Å². The number of aromatic nitrogens is 1. The number of carbonyl (C=O) groups is 2. The molecule has 95 heavy (non-hydrogen) atoms. The Kier molecular flexibility index (Phi) is 31.8. The number of rotatable bonds is 12. The van der Waals surface area contributed by atoms with Gasteiger partial charge in [0.1, 0.15) is 54.9 Å². The lowest BCUT2D eigenvalue weighted by molar-refractivity contribution is -0.368. The van der Waals surface area contributed by atoms with Crippen molar-refractivity contribution in [2.75, 3.05) is 26.3 Å². The lowest BCUT2D eigenvalue weighted by Gasteiger charge is -2.48. The number of allylic oxidation sites excluding steroid dienone is 12. The molecule has 6 rings (SSSR count). The third-order valence-corrected chi connectivity index (χ3v) is 17.8. The van der Waals surface area contributed by atoms with Gasteiger partial charge >= 0.3 is 5.97 Å². The Morgan fingerprint density at radius 1 is 0.642 bits per heavy atom. The first-order valence-electron chi connectivity index (χ1n) is 32.4. The summed E-state index contributed by atoms with van der Waals surface area (Å²) in [5, 5.41) is 194. The molecule has 2 bridgehead atoms. The predicted molar refractivity (Wildman–Crippen MR) is 336 cm³/mol. The van der Waals surface area contributed by atoms with Crippen LogP contribution in [-0.2, 0) is 49.2 Å². The van der Waals surface area contributed by atoms with E-state index in [1.807, 2.05) is 6.92 Å². The van der Waals surface area contributed by atoms with E-state index in [0.29, 0.717) is 5.69 Å². The van der Waals surface area contributed by atoms with E-state index in [1.165, 1.54) is 13.0 Å². The molecule has 5 aliphatic rings. The molecule has 1 aromatic rings. The van der Waals surface area contributed by atoms with Crippen LogP contribution < -0.4 is 10.6 Å². The first kappa shape index (κ1) is 79.3. The molecule has 28 atom stereocenters. The van der Waals surface area contributed by atoms with Crippen molar-refractivity contribution in [2.24, 2.45) is 17.8 Å². The summed E-state index contributed by atoms with van der Waals surface area (Å²) >= 11 is 0. The lowest BCUT2D eigenvalue weighted by Crippen LogP contribution is -2.70. The minimum atomic E-state index is -2.68. The van der Waals surface area contributed by atoms with Crippen LogP contribution in [0.1, 0.15) is 84.8 Å². The maximum atomic E-state index is 14.3. The number of cyclic esters (lactones) is 1. The molecule has 29 heteroatoms. The Morgan fingerprint density at radius 3 is 1.93 bits per heavy atom. The highest BCUT2D eigenvalue weighted by molar-refractivity contribution is 5.80. The number of nitrogens with one attached hydrogen (secondary N) is 2. The first-order valence-corrected chi connectivity index (χ1v) is 32.4. The van der Waals surface area contributed by atoms with Gasteiger partial charge in [0, 0.05) is 62.4 Å². The summed E-state index contributed by atoms with van der Waals surface area (Å²) in [6.07, 6.45) is -12.1. The standard InChI is InChI=1S/C66H101N3O26/c1-36-19-15-13-11-9-7-5-6-8-10-12-14-16-21-44(92-63-57(82)53(55(80)39(4)91-63)69-35-66(88)61(85)60(48(77)34-89-66)94-64-59(84)58(83)56(81)50(33-70)93-64)30-49-52(62(86)68-26-24-40-20-17-18-25-67-40)47(76)32-65(87,95-49)31-43(73)28-46(75)45(74)23-22-41(71)27-42(72)29-51(78)90-38(3)37(2)54(36)79/h5-21,25,36-39,41-50,52-61,63-64,69-77,79-85,87-88H,22-24,26-35H2,1-4H3,(H,68,86)/t36-,37?,38-,39+,41+,42+,43-,44-,45+,46+,47-,48+,49?,50+,52?,53-,54+,55+,56+,57-,58-,59+,60+,61-,63-,64?,65+,66+/m0/s1. The topological polar surface area (TPSA) is 480 Å². The number of carbonyl (C=O) groups excluding carboxylic acids is 2. The van der Waals surface area contributed by atoms with Gasteiger partial charge in [0.15, 0.2) is 18.4 Å². The fourth-order valence-electron chi connectivity index (χ4n) is 12.0. The molecule has 4 saturated heterocycles. The monoisotopic (exact) mass is 1350 g/mol. The van der Waals surface area contributed by atoms with E-state index >= 15 is 0 Å². The zero-order chi connectivity index (χ0) is 69.7. The number of fused-ring (bicyclic) bond motifs is 2. The molecule has 4 fully saturated rings. The Bertz CT molecular complexity index is 2690. The van der Waals surface area contributed by atoms with Crippen molar-refractivity contribution in [3.63, 3.8) is 0 Å². The van der Waals surface area contributed by atoms with Crippen LogP contribution in [0, 0.1) is 17.8 Å². The van der Waals surface area contributed by atoms with E-state index in [0.717, 1.165) is 0 Å². The van der Waals surface area contributed by atoms with E-state index < -0.39 is 228 Å². The number of aliphatic hydroxyl groups is 17. The van der Waals surface area contributed by atoms with Gasteiger partial charge in [0.25, 0.3) is 0 Å². The van der Waals surface area contributed by atoms with Crippen molar-refractivity contribution < 1.29 is 130 Å². The second-order valence-electron chi connectivity index (χ2n) is 25.4. The molecule has 0 saturated carbocycles. The summed E-state index contributed by atoms with van der Waals surface area (Å²) in [4.78, 5) is 31.4. The second-order valence-corrected chi connectivity index (χ2v) is 25.4. The van der Waals surface area contributed by atoms with Crippen LogP contribution in [0.15, 0.2) is 109 Å². The van der Waals surface area contributed by atoms with Crippen molar-refractivity contribution in [3.05, 3.63) is 115 Å². The van der Waals surface area contributed by atoms with Crippen molar-refractivity contribution in [3.8, 4) is 0 Å². The fraction of sp³-hybridized carbons (Fsp3) is 0.682. The van der Waals surface area contributed by atoms with Crippen molar-refractivity contribution in [1.82, 2.24) is 15.6 Å². The number of esters is 1. The zero-order valence-electron chi connectivity index (χ0n) is 53.8. The maximum absolute atomic E-state index is 14.3. The fourth-order valence-corrected chi connectivity index (χ4v) is 12.0. The summed E-state index contributed by atoms with van der Waals surface area (Å²) < 4.78 is 40.8. The molecule has 0 aliphatic carbocycles. The number of amides is 1. The summed E-state index contributed by atoms with van der Waals surface area (Å²) in [6, 6.07) is 3.76. The van der Waals surface area contributed by atoms with Crippen LogP contribution in [0.4, 0.5) is 0 Å². The zero-order valence-corrected chi connectivity index (χ0v) is 53.8. The van der Waals surface area contributed by atoms with Crippen molar-refractivity contribution >= 4 is 11.9 Å². The van der Waals surface area contributed by atoms with Crippen LogP contribution in [-0.4, -0.2) is 282 Å². The number of hydrogen-bond donors (Lipinski definition) is 19. The van der Waals surface area contributed by atoms with E-state index in [2.05, 4.69) is 15.6 Å². The van der Waals surface area contributed by atoms with Gasteiger partial charge in [-0.05, 0) is 45.2 Å². The number of pyridine rings is 1. The summed E-state index contributed by atoms with van der Waals surface area (Å²) in [7, 11) is 0. The third kappa shape index (κ3) is 23.5. The van der Waals surface area contributed by atoms with Gasteiger partial charge in [-0.15, -0.1) is 0 Å². The normalized spacial score (nSPS) is 42.3. The van der Waals surface area contributed by atoms with Gasteiger partial charge in [-0.2, -0.15) is 0 Å². The predicted octanol–water partition coefficient (Wildman–Crippen LogP) is -3.36. The molecule has 4 unspecified atom stereocenters. The van der Waals surface area contributed by atoms with Crippen molar-refractivity contribution in [2.45, 2.75) is 238 Å². The molecule has 19 N–H and O–H groups in total. The highest BCUT2D eigenvalue weighted by Crippen LogP contribution is 2.39. The van der Waals surface area contributed by atoms with E-state index in [4.69, 9.17) is 33.2 Å². The van der Waals surface area contributed by atoms with Gasteiger partial charge in [-0.25, -0.2) is 0 Å². The highest BCUT2D eigenvalue weighted by Gasteiger charge is 2.55. The molecule has 0 radical (unpaired) electrons. The number of nitrogens with zero attached hydrogens (tertiary/aromatic N) is 1. The SMILES string of the molecule is CC1[C@H](C)OC(=O)C[C@H](O)C[C@H](O)CC[C@@H](O)[C@H](O)C[C@H](O)C[C@]2(O)C[C@H](O)C(C(=O)NCCc3ccccn3)C(C[C@@H](O[C@@H]3O[C@H](C)[C@@H](O)[C@H](NC[C@@]4(O)OC[C@@H](O)[C@@H](OC5O[C@H](CO)[C@@H](O)[C@H](O)[C@H]5O)[C@@H]4O)[C@@H]3O)C=CC=CC=CC=CC=CC=CC=C[C@H](C)[C@H]1O)O2. The quantitative estimate of drug-likeness (QED) is 0.0909. The van der Waals surface area contributed by atoms with Crippen LogP contribution in [0.5, 0.6) is 0 Å². The molecule has 0 aromatic carbocycles. The minimum Gasteiger partial charge on any atom is -0.462 e. The molecular weight excluding hydrogens is 1250 g/mol. The van der Waals surface area contributed by atoms with Gasteiger partial charge in [-0.3, -0.25) is 14.6 Å². The average molecular weight is 1350 g/mol. The number of ether oxygens (including phenoxy) is 7. The summed E-state index contributed by atoms with van der Waals surface area (Å²) in [5.74, 6) is -8.87. The van der Waals surface area contributed by atoms with Crippen LogP contribution >= 0.6 is 0 Å². The summed E-state index contributed by atoms with van der Waals surface area (Å²) in [6.45, 7) is 4.32. The number of aliphatic hydroxyl groups excluding tert-OH is 15. The maximum Gasteiger partial charge on any atom is 0.308 e. The largest absolute Gasteiger partial charge is 0.462 e. The molecule has 1 amide bonds. The van der Waals surface area contributed by atoms with Gasteiger partial charge < -0.3 is 131 Å². The van der Waals surface area contributed by atoms with Crippen LogP contribution in [0.3, 0.4) is 0 Å². The number of hydrogen-bond acceptors (Lipinski definition) is 28. The molecule has 1 aromatic heterocycles. The van der Waals surface area contributed by atoms with Gasteiger partial charge in [0.05, 0.1) is 105 Å². The molecule has 0 spiro atoms. The Hall–Kier alpha value is -4.69. The smallest absolute Gasteiger partial charge is 0.308 e. The average Bonchev–Trinajstić information content (AvgIpc) is 0.787. The third-order valence-electron chi connectivity index (χ3n) is 17.8. The minimum absolute atomic E-state index is 0.0461. The molecule has 29 nitrogen and oxygen atoms in total. The Morgan fingerprint density at radius 2 is 1.28 bits per heavy atom. The second kappa shape index (κ2) is 38.0. The van der Waals surface area contributed by atoms with E-state index in [-0.39, 0.29) is 38.1 Å². The lowest BCUT2D eigenvalue weighted by atomic mass is 9.82. The Labute approximate surface area is 552 Å². The Balaban J connectivity index is 1.26. The van der Waals surface area contributed by atoms with Crippen molar-refractivity contribution in [1.29, 1.82) is 0 Å². The van der Waals surface area contributed by atoms with Crippen LogP contribution in [0.2, 0.25) is 0 Å². The molecule has 5 aliphatic heterocycles. The van der Waals surface area contributed by atoms with E-state index in [9.17, 15) is 96.4 Å². The highest BCUT2D eigenvalue weighted by atomic mass is 16.7. The first-order chi connectivity index (χ1) is 45.0. The summed E-state index contributed by atoms with van der Waals surface area (Å²) in [5.41, 5.74) is 0.641. The van der Waals surface area contributed by atoms with Gasteiger partial charge in [0.2, 0.25) is 11.7 Å². The van der Waals surface area contributed by atoms with Gasteiger partial charge in [-0.1, -0.05) is 105 Å². The molecule has 6 heterocycles.